The van der Waals surface area contributed by atoms with Gasteiger partial charge in [-0.3, -0.25) is 14.7 Å². The highest BCUT2D eigenvalue weighted by Gasteiger charge is 2.28. The van der Waals surface area contributed by atoms with E-state index in [2.05, 4.69) is 69.0 Å². The van der Waals surface area contributed by atoms with Crippen LogP contribution >= 0.6 is 0 Å². The van der Waals surface area contributed by atoms with E-state index in [1.807, 2.05) is 18.3 Å². The van der Waals surface area contributed by atoms with Gasteiger partial charge in [-0.15, -0.1) is 0 Å². The van der Waals surface area contributed by atoms with Crippen molar-refractivity contribution in [2.75, 3.05) is 6.54 Å². The molecule has 7 nitrogen and oxygen atoms in total. The summed E-state index contributed by atoms with van der Waals surface area (Å²) in [6, 6.07) is 21.9. The first-order valence-electron chi connectivity index (χ1n) is 13.4. The molecule has 190 valence electrons. The molecule has 1 saturated heterocycles. The Balaban J connectivity index is 1.17. The molecule has 0 spiro atoms. The molecule has 0 saturated carbocycles. The number of aromatic nitrogens is 3. The van der Waals surface area contributed by atoms with E-state index in [-0.39, 0.29) is 18.0 Å². The lowest BCUT2D eigenvalue weighted by Gasteiger charge is -2.34. The van der Waals surface area contributed by atoms with Crippen LogP contribution in [0.25, 0.3) is 11.0 Å². The molecule has 1 fully saturated rings. The van der Waals surface area contributed by atoms with Crippen LogP contribution in [0.15, 0.2) is 66.9 Å². The van der Waals surface area contributed by atoms with Gasteiger partial charge in [-0.2, -0.15) is 0 Å². The number of hydrogen-bond acceptors (Lipinski definition) is 5. The number of carbonyl (C=O) groups excluding carboxylic acids is 1. The van der Waals surface area contributed by atoms with Crippen molar-refractivity contribution < 1.29 is 4.79 Å². The number of carbonyl (C=O) groups is 1. The van der Waals surface area contributed by atoms with Crippen LogP contribution in [-0.4, -0.2) is 38.3 Å². The molecule has 2 atom stereocenters. The Morgan fingerprint density at radius 3 is 2.65 bits per heavy atom. The summed E-state index contributed by atoms with van der Waals surface area (Å²) in [4.78, 5) is 27.2. The Hall–Kier alpha value is -3.55. The predicted octanol–water partition coefficient (Wildman–Crippen LogP) is 4.41. The van der Waals surface area contributed by atoms with Crippen LogP contribution in [0.1, 0.15) is 59.9 Å². The van der Waals surface area contributed by atoms with Crippen molar-refractivity contribution in [1.82, 2.24) is 30.5 Å². The summed E-state index contributed by atoms with van der Waals surface area (Å²) >= 11 is 0. The lowest BCUT2D eigenvalue weighted by Crippen LogP contribution is -2.35. The fourth-order valence-electron chi connectivity index (χ4n) is 5.71. The SMILES string of the molecule is O=C1CC[C@@H](CNCc2ccc(CN(Cc3nc4ccccc4[nH]3)C3CCCc4cccnc43)cc2)N1. The summed E-state index contributed by atoms with van der Waals surface area (Å²) < 4.78 is 0. The summed E-state index contributed by atoms with van der Waals surface area (Å²) in [7, 11) is 0. The zero-order valence-corrected chi connectivity index (χ0v) is 21.1. The highest BCUT2D eigenvalue weighted by atomic mass is 16.1. The van der Waals surface area contributed by atoms with Gasteiger partial charge in [0.2, 0.25) is 5.91 Å². The average Bonchev–Trinajstić information content (AvgIpc) is 3.54. The van der Waals surface area contributed by atoms with Crippen LogP contribution in [0.5, 0.6) is 0 Å². The number of fused-ring (bicyclic) bond motifs is 2. The van der Waals surface area contributed by atoms with Crippen LogP contribution in [0.2, 0.25) is 0 Å². The van der Waals surface area contributed by atoms with Gasteiger partial charge >= 0.3 is 0 Å². The molecular formula is C30H34N6O. The minimum atomic E-state index is 0.166. The van der Waals surface area contributed by atoms with Crippen molar-refractivity contribution in [3.63, 3.8) is 0 Å². The molecule has 1 aliphatic carbocycles. The maximum absolute atomic E-state index is 11.4. The summed E-state index contributed by atoms with van der Waals surface area (Å²) in [6.45, 7) is 3.19. The summed E-state index contributed by atoms with van der Waals surface area (Å²) in [6.07, 6.45) is 6.87. The number of aryl methyl sites for hydroxylation is 1. The maximum Gasteiger partial charge on any atom is 0.220 e. The van der Waals surface area contributed by atoms with E-state index in [4.69, 9.17) is 9.97 Å². The van der Waals surface area contributed by atoms with Crippen molar-refractivity contribution in [3.05, 3.63) is 95.1 Å². The zero-order valence-electron chi connectivity index (χ0n) is 21.1. The van der Waals surface area contributed by atoms with Gasteiger partial charge in [-0.25, -0.2) is 4.98 Å². The third-order valence-electron chi connectivity index (χ3n) is 7.61. The standard InChI is InChI=1S/C30H34N6O/c37-29-15-14-24(33-29)18-31-17-21-10-12-22(13-11-21)19-36(20-28-34-25-7-1-2-8-26(25)35-28)27-9-3-5-23-6-4-16-32-30(23)27/h1-2,4,6-8,10-13,16,24,27,31H,3,5,9,14-15,17-20H2,(H,33,37)(H,34,35)/t24-,27?/m0/s1. The molecule has 1 unspecified atom stereocenters. The Morgan fingerprint density at radius 1 is 0.946 bits per heavy atom. The van der Waals surface area contributed by atoms with E-state index in [0.29, 0.717) is 6.42 Å². The van der Waals surface area contributed by atoms with Crippen molar-refractivity contribution in [1.29, 1.82) is 0 Å². The molecule has 1 aliphatic heterocycles. The maximum atomic E-state index is 11.4. The number of amides is 1. The van der Waals surface area contributed by atoms with E-state index >= 15 is 0 Å². The first-order valence-corrected chi connectivity index (χ1v) is 13.4. The molecule has 37 heavy (non-hydrogen) atoms. The highest BCUT2D eigenvalue weighted by molar-refractivity contribution is 5.78. The van der Waals surface area contributed by atoms with E-state index in [0.717, 1.165) is 62.3 Å². The van der Waals surface area contributed by atoms with Gasteiger partial charge in [-0.05, 0) is 60.6 Å². The molecule has 2 aliphatic rings. The molecule has 2 aromatic heterocycles. The van der Waals surface area contributed by atoms with Crippen LogP contribution < -0.4 is 10.6 Å². The van der Waals surface area contributed by atoms with Crippen LogP contribution in [0.4, 0.5) is 0 Å². The number of H-pyrrole nitrogens is 1. The minimum Gasteiger partial charge on any atom is -0.352 e. The van der Waals surface area contributed by atoms with Crippen molar-refractivity contribution in [3.8, 4) is 0 Å². The third-order valence-corrected chi connectivity index (χ3v) is 7.61. The van der Waals surface area contributed by atoms with Crippen molar-refractivity contribution in [2.24, 2.45) is 0 Å². The molecule has 0 bridgehead atoms. The molecule has 3 N–H and O–H groups in total. The number of para-hydroxylation sites is 2. The van der Waals surface area contributed by atoms with E-state index < -0.39 is 0 Å². The number of imidazole rings is 1. The Bertz CT molecular complexity index is 1330. The number of rotatable bonds is 9. The average molecular weight is 495 g/mol. The van der Waals surface area contributed by atoms with Crippen LogP contribution in [0, 0.1) is 0 Å². The quantitative estimate of drug-likeness (QED) is 0.321. The number of benzene rings is 2. The Kier molecular flexibility index (Phi) is 6.97. The molecule has 1 amide bonds. The third kappa shape index (κ3) is 5.58. The van der Waals surface area contributed by atoms with Gasteiger partial charge < -0.3 is 15.6 Å². The van der Waals surface area contributed by atoms with E-state index in [1.54, 1.807) is 0 Å². The summed E-state index contributed by atoms with van der Waals surface area (Å²) in [5.74, 6) is 1.16. The monoisotopic (exact) mass is 494 g/mol. The van der Waals surface area contributed by atoms with Crippen molar-refractivity contribution in [2.45, 2.75) is 63.8 Å². The highest BCUT2D eigenvalue weighted by Crippen LogP contribution is 2.34. The normalized spacial score (nSPS) is 19.3. The largest absolute Gasteiger partial charge is 0.352 e. The fourth-order valence-corrected chi connectivity index (χ4v) is 5.71. The lowest BCUT2D eigenvalue weighted by molar-refractivity contribution is -0.119. The van der Waals surface area contributed by atoms with Gasteiger partial charge in [0.15, 0.2) is 0 Å². The van der Waals surface area contributed by atoms with E-state index in [9.17, 15) is 4.79 Å². The number of pyridine rings is 1. The zero-order chi connectivity index (χ0) is 25.0. The number of aromatic amines is 1. The molecule has 3 heterocycles. The fraction of sp³-hybridized carbons (Fsp3) is 0.367. The smallest absolute Gasteiger partial charge is 0.220 e. The lowest BCUT2D eigenvalue weighted by atomic mass is 9.90. The minimum absolute atomic E-state index is 0.166. The van der Waals surface area contributed by atoms with Gasteiger partial charge in [0.1, 0.15) is 5.82 Å². The molecule has 6 rings (SSSR count). The second-order valence-corrected chi connectivity index (χ2v) is 10.3. The Morgan fingerprint density at radius 2 is 1.81 bits per heavy atom. The van der Waals surface area contributed by atoms with Gasteiger partial charge in [-0.1, -0.05) is 42.5 Å². The number of nitrogens with zero attached hydrogens (tertiary/aromatic N) is 3. The van der Waals surface area contributed by atoms with E-state index in [1.165, 1.54) is 28.8 Å². The molecule has 2 aromatic carbocycles. The number of hydrogen-bond donors (Lipinski definition) is 3. The molecule has 7 heteroatoms. The molecule has 4 aromatic rings. The van der Waals surface area contributed by atoms with Crippen LogP contribution in [-0.2, 0) is 30.8 Å². The second-order valence-electron chi connectivity index (χ2n) is 10.3. The first kappa shape index (κ1) is 23.8. The van der Waals surface area contributed by atoms with Gasteiger partial charge in [0.25, 0.3) is 0 Å². The molecular weight excluding hydrogens is 460 g/mol. The topological polar surface area (TPSA) is 85.9 Å². The summed E-state index contributed by atoms with van der Waals surface area (Å²) in [5.41, 5.74) is 7.20. The Labute approximate surface area is 217 Å². The van der Waals surface area contributed by atoms with Gasteiger partial charge in [0, 0.05) is 38.3 Å². The summed E-state index contributed by atoms with van der Waals surface area (Å²) in [5, 5.41) is 6.50. The first-order chi connectivity index (χ1) is 18.2. The predicted molar refractivity (Wildman–Crippen MR) is 145 cm³/mol. The van der Waals surface area contributed by atoms with Gasteiger partial charge in [0.05, 0.1) is 29.3 Å². The molecule has 0 radical (unpaired) electrons. The van der Waals surface area contributed by atoms with Crippen molar-refractivity contribution >= 4 is 16.9 Å². The number of nitrogens with one attached hydrogen (secondary N) is 3. The van der Waals surface area contributed by atoms with Crippen LogP contribution in [0.3, 0.4) is 0 Å². The second kappa shape index (κ2) is 10.8.